The van der Waals surface area contributed by atoms with Gasteiger partial charge in [-0.2, -0.15) is 0 Å². The molecule has 4 heteroatoms. The molecule has 1 heterocycles. The number of nitrogens with zero attached hydrogens (tertiary/aromatic N) is 1. The number of rotatable bonds is 2. The van der Waals surface area contributed by atoms with E-state index in [0.717, 1.165) is 0 Å². The first-order valence-corrected chi connectivity index (χ1v) is 4.63. The zero-order valence-corrected chi connectivity index (χ0v) is 8.33. The van der Waals surface area contributed by atoms with Gasteiger partial charge in [-0.05, 0) is 12.1 Å². The topological polar surface area (TPSA) is 52.0 Å². The fraction of sp³-hybridized carbons (Fsp3) is 0.182. The molecule has 0 aliphatic heterocycles. The first-order valence-electron chi connectivity index (χ1n) is 4.63. The molecule has 15 heavy (non-hydrogen) atoms. The molecule has 2 N–H and O–H groups in total. The third-order valence-electron chi connectivity index (χ3n) is 2.09. The lowest BCUT2D eigenvalue weighted by molar-refractivity contribution is 0.477. The van der Waals surface area contributed by atoms with E-state index in [1.54, 1.807) is 19.1 Å². The van der Waals surface area contributed by atoms with Crippen molar-refractivity contribution in [1.29, 1.82) is 0 Å². The van der Waals surface area contributed by atoms with E-state index in [1.807, 2.05) is 0 Å². The molecule has 0 spiro atoms. The van der Waals surface area contributed by atoms with Gasteiger partial charge < -0.3 is 10.2 Å². The van der Waals surface area contributed by atoms with Crippen molar-refractivity contribution in [3.8, 4) is 11.3 Å². The smallest absolute Gasteiger partial charge is 0.191 e. The van der Waals surface area contributed by atoms with Crippen LogP contribution in [0.25, 0.3) is 11.3 Å². The lowest BCUT2D eigenvalue weighted by Crippen LogP contribution is -1.96. The second kappa shape index (κ2) is 3.82. The lowest BCUT2D eigenvalue weighted by Gasteiger charge is -1.98. The van der Waals surface area contributed by atoms with Crippen molar-refractivity contribution >= 4 is 0 Å². The monoisotopic (exact) mass is 206 g/mol. The Balaban J connectivity index is 2.53. The molecule has 3 nitrogen and oxygen atoms in total. The lowest BCUT2D eigenvalue weighted by atomic mass is 10.1. The third-order valence-corrected chi connectivity index (χ3v) is 2.09. The molecular formula is C11H11FN2O. The summed E-state index contributed by atoms with van der Waals surface area (Å²) in [7, 11) is 0. The number of oxazole rings is 1. The van der Waals surface area contributed by atoms with Crippen LogP contribution in [-0.2, 0) is 6.54 Å². The van der Waals surface area contributed by atoms with Gasteiger partial charge in [0.25, 0.3) is 0 Å². The Bertz CT molecular complexity index is 479. The second-order valence-electron chi connectivity index (χ2n) is 3.22. The Morgan fingerprint density at radius 3 is 2.93 bits per heavy atom. The maximum Gasteiger partial charge on any atom is 0.191 e. The maximum absolute atomic E-state index is 13.0. The van der Waals surface area contributed by atoms with Gasteiger partial charge in [-0.3, -0.25) is 0 Å². The van der Waals surface area contributed by atoms with Crippen molar-refractivity contribution in [3.05, 3.63) is 41.7 Å². The average Bonchev–Trinajstić information content (AvgIpc) is 2.59. The van der Waals surface area contributed by atoms with Gasteiger partial charge in [0.1, 0.15) is 17.3 Å². The van der Waals surface area contributed by atoms with Gasteiger partial charge in [-0.25, -0.2) is 9.37 Å². The maximum atomic E-state index is 13.0. The summed E-state index contributed by atoms with van der Waals surface area (Å²) in [5, 5.41) is 0. The van der Waals surface area contributed by atoms with E-state index in [1.165, 1.54) is 12.1 Å². The quantitative estimate of drug-likeness (QED) is 0.819. The van der Waals surface area contributed by atoms with Gasteiger partial charge in [-0.15, -0.1) is 0 Å². The van der Waals surface area contributed by atoms with E-state index in [4.69, 9.17) is 10.2 Å². The van der Waals surface area contributed by atoms with Crippen LogP contribution in [0.2, 0.25) is 0 Å². The van der Waals surface area contributed by atoms with Crippen molar-refractivity contribution < 1.29 is 8.81 Å². The van der Waals surface area contributed by atoms with Crippen LogP contribution in [0.5, 0.6) is 0 Å². The Morgan fingerprint density at radius 2 is 2.27 bits per heavy atom. The molecular weight excluding hydrogens is 195 g/mol. The number of halogens is 1. The average molecular weight is 206 g/mol. The molecule has 1 aromatic heterocycles. The predicted octanol–water partition coefficient (Wildman–Crippen LogP) is 2.25. The molecule has 0 atom stereocenters. The number of aryl methyl sites for hydroxylation is 1. The standard InChI is InChI=1S/C11H11FN2O/c1-7-14-11(10(6-13)15-7)8-3-2-4-9(12)5-8/h2-5H,6,13H2,1H3. The molecule has 1 aromatic carbocycles. The Labute approximate surface area is 86.7 Å². The zero-order valence-electron chi connectivity index (χ0n) is 8.33. The highest BCUT2D eigenvalue weighted by atomic mass is 19.1. The van der Waals surface area contributed by atoms with Crippen LogP contribution in [0.4, 0.5) is 4.39 Å². The normalized spacial score (nSPS) is 10.6. The van der Waals surface area contributed by atoms with Gasteiger partial charge in [0.15, 0.2) is 5.89 Å². The van der Waals surface area contributed by atoms with Crippen LogP contribution in [0.1, 0.15) is 11.7 Å². The van der Waals surface area contributed by atoms with E-state index < -0.39 is 0 Å². The van der Waals surface area contributed by atoms with Crippen molar-refractivity contribution in [2.75, 3.05) is 0 Å². The summed E-state index contributed by atoms with van der Waals surface area (Å²) in [6.07, 6.45) is 0. The number of nitrogens with two attached hydrogens (primary N) is 1. The van der Waals surface area contributed by atoms with Crippen molar-refractivity contribution in [3.63, 3.8) is 0 Å². The second-order valence-corrected chi connectivity index (χ2v) is 3.22. The number of benzene rings is 1. The minimum Gasteiger partial charge on any atom is -0.444 e. The van der Waals surface area contributed by atoms with Crippen LogP contribution in [0, 0.1) is 12.7 Å². The number of hydrogen-bond acceptors (Lipinski definition) is 3. The van der Waals surface area contributed by atoms with Crippen molar-refractivity contribution in [2.45, 2.75) is 13.5 Å². The first-order chi connectivity index (χ1) is 7.20. The minimum atomic E-state index is -0.295. The summed E-state index contributed by atoms with van der Waals surface area (Å²) in [6, 6.07) is 6.21. The molecule has 0 radical (unpaired) electrons. The molecule has 2 rings (SSSR count). The molecule has 2 aromatic rings. The van der Waals surface area contributed by atoms with Gasteiger partial charge >= 0.3 is 0 Å². The fourth-order valence-electron chi connectivity index (χ4n) is 1.47. The number of hydrogen-bond donors (Lipinski definition) is 1. The molecule has 0 bridgehead atoms. The van der Waals surface area contributed by atoms with Crippen molar-refractivity contribution in [2.24, 2.45) is 5.73 Å². The molecule has 0 aliphatic rings. The van der Waals surface area contributed by atoms with E-state index >= 15 is 0 Å². The van der Waals surface area contributed by atoms with Crippen LogP contribution in [0.3, 0.4) is 0 Å². The minimum absolute atomic E-state index is 0.257. The molecule has 0 amide bonds. The van der Waals surface area contributed by atoms with Crippen molar-refractivity contribution in [1.82, 2.24) is 4.98 Å². The largest absolute Gasteiger partial charge is 0.444 e. The van der Waals surface area contributed by atoms with E-state index in [0.29, 0.717) is 22.9 Å². The molecule has 0 aliphatic carbocycles. The molecule has 0 unspecified atom stereocenters. The van der Waals surface area contributed by atoms with Crippen LogP contribution >= 0.6 is 0 Å². The zero-order chi connectivity index (χ0) is 10.8. The summed E-state index contributed by atoms with van der Waals surface area (Å²) in [6.45, 7) is 1.99. The fourth-order valence-corrected chi connectivity index (χ4v) is 1.47. The summed E-state index contributed by atoms with van der Waals surface area (Å²) in [4.78, 5) is 4.18. The summed E-state index contributed by atoms with van der Waals surface area (Å²) in [5.41, 5.74) is 6.82. The van der Waals surface area contributed by atoms with Crippen LogP contribution in [0.15, 0.2) is 28.7 Å². The molecule has 0 saturated heterocycles. The van der Waals surface area contributed by atoms with Gasteiger partial charge in [-0.1, -0.05) is 12.1 Å². The highest BCUT2D eigenvalue weighted by Gasteiger charge is 2.11. The summed E-state index contributed by atoms with van der Waals surface area (Å²) >= 11 is 0. The van der Waals surface area contributed by atoms with Crippen LogP contribution in [-0.4, -0.2) is 4.98 Å². The highest BCUT2D eigenvalue weighted by molar-refractivity contribution is 5.61. The Morgan fingerprint density at radius 1 is 1.47 bits per heavy atom. The van der Waals surface area contributed by atoms with Gasteiger partial charge in [0, 0.05) is 12.5 Å². The van der Waals surface area contributed by atoms with Crippen LogP contribution < -0.4 is 5.73 Å². The number of aromatic nitrogens is 1. The van der Waals surface area contributed by atoms with E-state index in [-0.39, 0.29) is 12.4 Å². The Hall–Kier alpha value is -1.68. The predicted molar refractivity (Wildman–Crippen MR) is 54.5 cm³/mol. The molecule has 0 fully saturated rings. The first kappa shape index (κ1) is 9.86. The Kier molecular flexibility index (Phi) is 2.51. The molecule has 0 saturated carbocycles. The van der Waals surface area contributed by atoms with E-state index in [2.05, 4.69) is 4.98 Å². The third kappa shape index (κ3) is 1.89. The van der Waals surface area contributed by atoms with Gasteiger partial charge in [0.2, 0.25) is 0 Å². The summed E-state index contributed by atoms with van der Waals surface area (Å²) < 4.78 is 18.3. The SMILES string of the molecule is Cc1nc(-c2cccc(F)c2)c(CN)o1. The van der Waals surface area contributed by atoms with E-state index in [9.17, 15) is 4.39 Å². The van der Waals surface area contributed by atoms with Gasteiger partial charge in [0.05, 0.1) is 6.54 Å². The summed E-state index contributed by atoms with van der Waals surface area (Å²) in [5.74, 6) is 0.823. The molecule has 78 valence electrons. The highest BCUT2D eigenvalue weighted by Crippen LogP contribution is 2.23.